The number of hydrogen-bond acceptors (Lipinski definition) is 4. The fourth-order valence-corrected chi connectivity index (χ4v) is 1.65. The van der Waals surface area contributed by atoms with Crippen molar-refractivity contribution in [1.29, 1.82) is 0 Å². The molecule has 1 heterocycles. The van der Waals surface area contributed by atoms with Crippen LogP contribution in [0.4, 0.5) is 5.82 Å². The van der Waals surface area contributed by atoms with Crippen molar-refractivity contribution >= 4 is 5.82 Å². The Morgan fingerprint density at radius 2 is 2.06 bits per heavy atom. The lowest BCUT2D eigenvalue weighted by atomic mass is 10.2. The molecule has 0 fully saturated rings. The van der Waals surface area contributed by atoms with Crippen molar-refractivity contribution < 1.29 is 4.74 Å². The minimum absolute atomic E-state index is 0.433. The number of pyridine rings is 1. The standard InChI is InChI=1S/C14H17N3O/c1-2-11-5-3-7-13(9-11)18-10-12-6-4-8-14(16-12)17-15/h3-9H,2,10,15H2,1H3,(H,16,17). The van der Waals surface area contributed by atoms with Crippen LogP contribution in [0.3, 0.4) is 0 Å². The molecule has 3 N–H and O–H groups in total. The van der Waals surface area contributed by atoms with E-state index in [1.165, 1.54) is 5.56 Å². The largest absolute Gasteiger partial charge is 0.487 e. The van der Waals surface area contributed by atoms with E-state index < -0.39 is 0 Å². The highest BCUT2D eigenvalue weighted by molar-refractivity contribution is 5.33. The van der Waals surface area contributed by atoms with Crippen LogP contribution in [0.2, 0.25) is 0 Å². The van der Waals surface area contributed by atoms with Gasteiger partial charge in [-0.25, -0.2) is 10.8 Å². The average molecular weight is 243 g/mol. The highest BCUT2D eigenvalue weighted by Gasteiger charge is 1.99. The molecular formula is C14H17N3O. The monoisotopic (exact) mass is 243 g/mol. The van der Waals surface area contributed by atoms with E-state index in [-0.39, 0.29) is 0 Å². The van der Waals surface area contributed by atoms with Gasteiger partial charge in [0.1, 0.15) is 18.2 Å². The highest BCUT2D eigenvalue weighted by Crippen LogP contribution is 2.15. The van der Waals surface area contributed by atoms with Crippen LogP contribution in [-0.4, -0.2) is 4.98 Å². The van der Waals surface area contributed by atoms with Crippen LogP contribution in [0.5, 0.6) is 5.75 Å². The van der Waals surface area contributed by atoms with Crippen LogP contribution in [0, 0.1) is 0 Å². The molecule has 1 aromatic heterocycles. The Labute approximate surface area is 107 Å². The Hall–Kier alpha value is -2.07. The number of nitrogens with one attached hydrogen (secondary N) is 1. The van der Waals surface area contributed by atoms with Crippen molar-refractivity contribution in [2.75, 3.05) is 5.43 Å². The predicted molar refractivity (Wildman–Crippen MR) is 72.2 cm³/mol. The van der Waals surface area contributed by atoms with Crippen LogP contribution >= 0.6 is 0 Å². The second-order valence-corrected chi connectivity index (χ2v) is 3.95. The summed E-state index contributed by atoms with van der Waals surface area (Å²) in [7, 11) is 0. The molecule has 4 heteroatoms. The SMILES string of the molecule is CCc1cccc(OCc2cccc(NN)n2)c1. The van der Waals surface area contributed by atoms with E-state index in [9.17, 15) is 0 Å². The molecule has 0 atom stereocenters. The molecular weight excluding hydrogens is 226 g/mol. The summed E-state index contributed by atoms with van der Waals surface area (Å²) >= 11 is 0. The number of nitrogen functional groups attached to an aromatic ring is 1. The third kappa shape index (κ3) is 3.21. The van der Waals surface area contributed by atoms with Gasteiger partial charge >= 0.3 is 0 Å². The summed E-state index contributed by atoms with van der Waals surface area (Å²) in [6.07, 6.45) is 1.00. The van der Waals surface area contributed by atoms with Gasteiger partial charge in [0.2, 0.25) is 0 Å². The molecule has 0 saturated heterocycles. The number of hydrazine groups is 1. The number of benzene rings is 1. The Kier molecular flexibility index (Phi) is 4.15. The third-order valence-corrected chi connectivity index (χ3v) is 2.65. The van der Waals surface area contributed by atoms with Crippen LogP contribution in [-0.2, 0) is 13.0 Å². The number of rotatable bonds is 5. The molecule has 0 spiro atoms. The normalized spacial score (nSPS) is 10.1. The van der Waals surface area contributed by atoms with Gasteiger partial charge in [-0.15, -0.1) is 0 Å². The average Bonchev–Trinajstić information content (AvgIpc) is 2.45. The molecule has 1 aromatic carbocycles. The number of hydrogen-bond donors (Lipinski definition) is 2. The molecule has 0 radical (unpaired) electrons. The molecule has 0 saturated carbocycles. The zero-order valence-electron chi connectivity index (χ0n) is 10.4. The Bertz CT molecular complexity index is 466. The lowest BCUT2D eigenvalue weighted by molar-refractivity contribution is 0.301. The smallest absolute Gasteiger partial charge is 0.140 e. The second-order valence-electron chi connectivity index (χ2n) is 3.95. The van der Waals surface area contributed by atoms with Crippen LogP contribution < -0.4 is 16.0 Å². The van der Waals surface area contributed by atoms with E-state index in [0.29, 0.717) is 12.4 Å². The summed E-state index contributed by atoms with van der Waals surface area (Å²) in [5.74, 6) is 6.81. The van der Waals surface area contributed by atoms with Crippen LogP contribution in [0.15, 0.2) is 42.5 Å². The zero-order valence-corrected chi connectivity index (χ0v) is 10.4. The van der Waals surface area contributed by atoms with Gasteiger partial charge in [-0.05, 0) is 36.2 Å². The van der Waals surface area contributed by atoms with Gasteiger partial charge in [0, 0.05) is 0 Å². The molecule has 2 rings (SSSR count). The van der Waals surface area contributed by atoms with E-state index in [2.05, 4.69) is 23.4 Å². The first-order chi connectivity index (χ1) is 8.81. The van der Waals surface area contributed by atoms with Gasteiger partial charge in [-0.2, -0.15) is 0 Å². The number of ether oxygens (including phenoxy) is 1. The fourth-order valence-electron chi connectivity index (χ4n) is 1.65. The summed E-state index contributed by atoms with van der Waals surface area (Å²) in [6.45, 7) is 2.56. The van der Waals surface area contributed by atoms with Crippen LogP contribution in [0.25, 0.3) is 0 Å². The summed E-state index contributed by atoms with van der Waals surface area (Å²) in [4.78, 5) is 4.29. The third-order valence-electron chi connectivity index (χ3n) is 2.65. The van der Waals surface area contributed by atoms with Gasteiger partial charge in [0.15, 0.2) is 0 Å². The molecule has 0 aliphatic carbocycles. The molecule has 0 aliphatic rings. The minimum atomic E-state index is 0.433. The van der Waals surface area contributed by atoms with Gasteiger partial charge in [0.25, 0.3) is 0 Å². The lowest BCUT2D eigenvalue weighted by Crippen LogP contribution is -2.09. The first-order valence-corrected chi connectivity index (χ1v) is 5.96. The van der Waals surface area contributed by atoms with E-state index in [1.807, 2.05) is 30.3 Å². The van der Waals surface area contributed by atoms with Gasteiger partial charge in [0.05, 0.1) is 5.69 Å². The molecule has 0 aliphatic heterocycles. The maximum atomic E-state index is 5.70. The molecule has 0 bridgehead atoms. The molecule has 0 amide bonds. The van der Waals surface area contributed by atoms with Gasteiger partial charge in [-0.3, -0.25) is 0 Å². The summed E-state index contributed by atoms with van der Waals surface area (Å²) in [5, 5.41) is 0. The van der Waals surface area contributed by atoms with Gasteiger partial charge in [-0.1, -0.05) is 25.1 Å². The molecule has 18 heavy (non-hydrogen) atoms. The molecule has 94 valence electrons. The maximum Gasteiger partial charge on any atom is 0.140 e. The summed E-state index contributed by atoms with van der Waals surface area (Å²) < 4.78 is 5.70. The zero-order chi connectivity index (χ0) is 12.8. The summed E-state index contributed by atoms with van der Waals surface area (Å²) in [6, 6.07) is 13.7. The first-order valence-electron chi connectivity index (χ1n) is 5.96. The summed E-state index contributed by atoms with van der Waals surface area (Å²) in [5.41, 5.74) is 4.62. The highest BCUT2D eigenvalue weighted by atomic mass is 16.5. The van der Waals surface area contributed by atoms with Crippen molar-refractivity contribution in [2.24, 2.45) is 5.84 Å². The fraction of sp³-hybridized carbons (Fsp3) is 0.214. The van der Waals surface area contributed by atoms with Crippen molar-refractivity contribution in [2.45, 2.75) is 20.0 Å². The van der Waals surface area contributed by atoms with Crippen molar-refractivity contribution in [1.82, 2.24) is 4.98 Å². The van der Waals surface area contributed by atoms with E-state index in [1.54, 1.807) is 6.07 Å². The predicted octanol–water partition coefficient (Wildman–Crippen LogP) is 2.51. The number of anilines is 1. The Morgan fingerprint density at radius 3 is 2.83 bits per heavy atom. The quantitative estimate of drug-likeness (QED) is 0.625. The van der Waals surface area contributed by atoms with Crippen LogP contribution in [0.1, 0.15) is 18.2 Å². The molecule has 0 unspecified atom stereocenters. The number of nitrogens with two attached hydrogens (primary N) is 1. The first kappa shape index (κ1) is 12.4. The van der Waals surface area contributed by atoms with Gasteiger partial charge < -0.3 is 10.2 Å². The number of aromatic nitrogens is 1. The van der Waals surface area contributed by atoms with Crippen molar-refractivity contribution in [3.8, 4) is 5.75 Å². The number of aryl methyl sites for hydroxylation is 1. The molecule has 4 nitrogen and oxygen atoms in total. The second kappa shape index (κ2) is 6.02. The minimum Gasteiger partial charge on any atom is -0.487 e. The van der Waals surface area contributed by atoms with E-state index >= 15 is 0 Å². The van der Waals surface area contributed by atoms with Crippen molar-refractivity contribution in [3.05, 3.63) is 53.7 Å². The Balaban J connectivity index is 2.01. The Morgan fingerprint density at radius 1 is 1.22 bits per heavy atom. The topological polar surface area (TPSA) is 60.2 Å². The number of nitrogens with zero attached hydrogens (tertiary/aromatic N) is 1. The maximum absolute atomic E-state index is 5.70. The van der Waals surface area contributed by atoms with Crippen molar-refractivity contribution in [3.63, 3.8) is 0 Å². The van der Waals surface area contributed by atoms with E-state index in [4.69, 9.17) is 10.6 Å². The molecule has 2 aromatic rings. The lowest BCUT2D eigenvalue weighted by Gasteiger charge is -2.08. The van der Waals surface area contributed by atoms with E-state index in [0.717, 1.165) is 17.9 Å².